The molecular weight excluding hydrogens is 311 g/mol. The van der Waals surface area contributed by atoms with E-state index in [-0.39, 0.29) is 11.4 Å². The van der Waals surface area contributed by atoms with Crippen LogP contribution < -0.4 is 10.5 Å². The average Bonchev–Trinajstić information content (AvgIpc) is 2.34. The van der Waals surface area contributed by atoms with E-state index >= 15 is 0 Å². The van der Waals surface area contributed by atoms with Crippen LogP contribution in [-0.2, 0) is 0 Å². The molecule has 3 N–H and O–H groups in total. The lowest BCUT2D eigenvalue weighted by atomic mass is 10.1. The molecule has 2 aromatic rings. The van der Waals surface area contributed by atoms with Gasteiger partial charge in [0.15, 0.2) is 0 Å². The van der Waals surface area contributed by atoms with Gasteiger partial charge in [0.25, 0.3) is 0 Å². The fraction of sp³-hybridized carbons (Fsp3) is 0.0714. The van der Waals surface area contributed by atoms with Crippen molar-refractivity contribution < 1.29 is 9.13 Å². The summed E-state index contributed by atoms with van der Waals surface area (Å²) in [4.78, 5) is 0. The second-order valence-corrected chi connectivity index (χ2v) is 4.98. The molecule has 5 heteroatoms. The molecule has 2 rings (SSSR count). The maximum atomic E-state index is 13.2. The Morgan fingerprint density at radius 2 is 1.89 bits per heavy atom. The van der Waals surface area contributed by atoms with Crippen LogP contribution in [0.2, 0.25) is 0 Å². The maximum Gasteiger partial charge on any atom is 0.138 e. The predicted molar refractivity (Wildman–Crippen MR) is 76.4 cm³/mol. The summed E-state index contributed by atoms with van der Waals surface area (Å²) in [5.41, 5.74) is 6.59. The molecule has 0 saturated carbocycles. The second kappa shape index (κ2) is 5.40. The van der Waals surface area contributed by atoms with Crippen molar-refractivity contribution in [3.63, 3.8) is 0 Å². The number of hydrogen-bond acceptors (Lipinski definition) is 2. The minimum Gasteiger partial charge on any atom is -0.456 e. The molecule has 19 heavy (non-hydrogen) atoms. The molecule has 0 saturated heterocycles. The van der Waals surface area contributed by atoms with Crippen LogP contribution in [0.25, 0.3) is 0 Å². The Morgan fingerprint density at radius 3 is 2.53 bits per heavy atom. The van der Waals surface area contributed by atoms with E-state index in [0.717, 1.165) is 10.0 Å². The third-order valence-electron chi connectivity index (χ3n) is 2.59. The van der Waals surface area contributed by atoms with Crippen LogP contribution >= 0.6 is 15.9 Å². The van der Waals surface area contributed by atoms with Crippen molar-refractivity contribution in [1.82, 2.24) is 0 Å². The summed E-state index contributed by atoms with van der Waals surface area (Å²) in [6, 6.07) is 9.48. The van der Waals surface area contributed by atoms with Crippen LogP contribution in [0.1, 0.15) is 11.1 Å². The fourth-order valence-corrected chi connectivity index (χ4v) is 2.12. The minimum atomic E-state index is -0.454. The first kappa shape index (κ1) is 13.5. The third-order valence-corrected chi connectivity index (χ3v) is 3.08. The zero-order valence-electron chi connectivity index (χ0n) is 10.2. The van der Waals surface area contributed by atoms with Gasteiger partial charge in [-0.15, -0.1) is 0 Å². The number of nitrogen functional groups attached to an aromatic ring is 1. The molecule has 0 amide bonds. The molecule has 0 spiro atoms. The number of ether oxygens (including phenoxy) is 1. The number of halogens is 2. The highest BCUT2D eigenvalue weighted by Crippen LogP contribution is 2.29. The summed E-state index contributed by atoms with van der Waals surface area (Å²) in [6.07, 6.45) is 0. The SMILES string of the molecule is Cc1cc(Br)ccc1Oc1ccc(F)cc1C(=N)N. The number of rotatable bonds is 3. The van der Waals surface area contributed by atoms with Gasteiger partial charge in [-0.05, 0) is 48.9 Å². The Morgan fingerprint density at radius 1 is 1.21 bits per heavy atom. The Bertz CT molecular complexity index is 643. The van der Waals surface area contributed by atoms with E-state index in [1.54, 1.807) is 6.07 Å². The standard InChI is InChI=1S/C14H12BrFN2O/c1-8-6-9(15)2-4-12(8)19-13-5-3-10(16)7-11(13)14(17)18/h2-7H,1H3,(H3,17,18). The van der Waals surface area contributed by atoms with Gasteiger partial charge >= 0.3 is 0 Å². The highest BCUT2D eigenvalue weighted by molar-refractivity contribution is 9.10. The van der Waals surface area contributed by atoms with E-state index in [1.165, 1.54) is 18.2 Å². The van der Waals surface area contributed by atoms with Gasteiger partial charge in [-0.3, -0.25) is 5.41 Å². The van der Waals surface area contributed by atoms with Gasteiger partial charge in [-0.2, -0.15) is 0 Å². The molecule has 0 fully saturated rings. The lowest BCUT2D eigenvalue weighted by molar-refractivity contribution is 0.475. The zero-order valence-corrected chi connectivity index (χ0v) is 11.8. The Hall–Kier alpha value is -1.88. The quantitative estimate of drug-likeness (QED) is 0.663. The highest BCUT2D eigenvalue weighted by Gasteiger charge is 2.10. The van der Waals surface area contributed by atoms with E-state index in [0.29, 0.717) is 11.5 Å². The van der Waals surface area contributed by atoms with E-state index < -0.39 is 5.82 Å². The molecule has 0 aliphatic heterocycles. The van der Waals surface area contributed by atoms with Gasteiger partial charge < -0.3 is 10.5 Å². The molecule has 2 aromatic carbocycles. The Kier molecular flexibility index (Phi) is 3.85. The van der Waals surface area contributed by atoms with Crippen LogP contribution in [0.15, 0.2) is 40.9 Å². The van der Waals surface area contributed by atoms with Crippen LogP contribution in [0.3, 0.4) is 0 Å². The first-order valence-electron chi connectivity index (χ1n) is 5.55. The molecule has 0 bridgehead atoms. The van der Waals surface area contributed by atoms with Crippen molar-refractivity contribution in [3.05, 3.63) is 57.8 Å². The molecular formula is C14H12BrFN2O. The lowest BCUT2D eigenvalue weighted by Gasteiger charge is -2.12. The van der Waals surface area contributed by atoms with E-state index in [4.69, 9.17) is 15.9 Å². The molecule has 0 heterocycles. The maximum absolute atomic E-state index is 13.2. The second-order valence-electron chi connectivity index (χ2n) is 4.07. The summed E-state index contributed by atoms with van der Waals surface area (Å²) < 4.78 is 19.8. The number of benzene rings is 2. The van der Waals surface area contributed by atoms with Gasteiger partial charge in [0.05, 0.1) is 5.56 Å². The van der Waals surface area contributed by atoms with Crippen molar-refractivity contribution in [3.8, 4) is 11.5 Å². The van der Waals surface area contributed by atoms with Crippen molar-refractivity contribution in [1.29, 1.82) is 5.41 Å². The summed E-state index contributed by atoms with van der Waals surface area (Å²) in [5.74, 6) is 0.311. The zero-order chi connectivity index (χ0) is 14.0. The van der Waals surface area contributed by atoms with Crippen molar-refractivity contribution in [2.24, 2.45) is 5.73 Å². The average molecular weight is 323 g/mol. The molecule has 98 valence electrons. The molecule has 0 radical (unpaired) electrons. The monoisotopic (exact) mass is 322 g/mol. The summed E-state index contributed by atoms with van der Waals surface area (Å²) in [6.45, 7) is 1.90. The van der Waals surface area contributed by atoms with Gasteiger partial charge in [0, 0.05) is 4.47 Å². The normalized spacial score (nSPS) is 10.3. The van der Waals surface area contributed by atoms with E-state index in [1.807, 2.05) is 19.1 Å². The summed E-state index contributed by atoms with van der Waals surface area (Å²) >= 11 is 3.37. The molecule has 0 aliphatic rings. The van der Waals surface area contributed by atoms with Crippen molar-refractivity contribution in [2.75, 3.05) is 0 Å². The number of hydrogen-bond donors (Lipinski definition) is 2. The molecule has 3 nitrogen and oxygen atoms in total. The number of aryl methyl sites for hydroxylation is 1. The smallest absolute Gasteiger partial charge is 0.138 e. The fourth-order valence-electron chi connectivity index (χ4n) is 1.65. The third kappa shape index (κ3) is 3.12. The van der Waals surface area contributed by atoms with E-state index in [9.17, 15) is 4.39 Å². The number of nitrogens with one attached hydrogen (secondary N) is 1. The van der Waals surface area contributed by atoms with Crippen LogP contribution in [-0.4, -0.2) is 5.84 Å². The van der Waals surface area contributed by atoms with Crippen LogP contribution in [0.4, 0.5) is 4.39 Å². The predicted octanol–water partition coefficient (Wildman–Crippen LogP) is 3.97. The van der Waals surface area contributed by atoms with Crippen LogP contribution in [0, 0.1) is 18.2 Å². The van der Waals surface area contributed by atoms with Gasteiger partial charge in [0.1, 0.15) is 23.2 Å². The van der Waals surface area contributed by atoms with Gasteiger partial charge in [-0.25, -0.2) is 4.39 Å². The summed E-state index contributed by atoms with van der Waals surface area (Å²) in [5, 5.41) is 7.45. The highest BCUT2D eigenvalue weighted by atomic mass is 79.9. The minimum absolute atomic E-state index is 0.232. The largest absolute Gasteiger partial charge is 0.456 e. The molecule has 0 unspecified atom stereocenters. The first-order chi connectivity index (χ1) is 8.97. The topological polar surface area (TPSA) is 59.1 Å². The Balaban J connectivity index is 2.40. The van der Waals surface area contributed by atoms with Crippen molar-refractivity contribution in [2.45, 2.75) is 6.92 Å². The molecule has 0 atom stereocenters. The number of nitrogens with two attached hydrogens (primary N) is 1. The van der Waals surface area contributed by atoms with Crippen LogP contribution in [0.5, 0.6) is 11.5 Å². The van der Waals surface area contributed by atoms with Gasteiger partial charge in [-0.1, -0.05) is 15.9 Å². The van der Waals surface area contributed by atoms with E-state index in [2.05, 4.69) is 15.9 Å². The van der Waals surface area contributed by atoms with Gasteiger partial charge in [0.2, 0.25) is 0 Å². The lowest BCUT2D eigenvalue weighted by Crippen LogP contribution is -2.12. The first-order valence-corrected chi connectivity index (χ1v) is 6.34. The number of amidine groups is 1. The van der Waals surface area contributed by atoms with Crippen molar-refractivity contribution >= 4 is 21.8 Å². The Labute approximate surface area is 118 Å². The molecule has 0 aromatic heterocycles. The summed E-state index contributed by atoms with van der Waals surface area (Å²) in [7, 11) is 0. The molecule has 0 aliphatic carbocycles.